The van der Waals surface area contributed by atoms with Gasteiger partial charge < -0.3 is 15.0 Å². The molecule has 2 saturated heterocycles. The summed E-state index contributed by atoms with van der Waals surface area (Å²) >= 11 is 0. The van der Waals surface area contributed by atoms with Gasteiger partial charge in [0.1, 0.15) is 6.04 Å². The number of benzene rings is 1. The fraction of sp³-hybridized carbons (Fsp3) is 0.579. The molecule has 2 amide bonds. The zero-order chi connectivity index (χ0) is 17.6. The lowest BCUT2D eigenvalue weighted by Gasteiger charge is -2.35. The highest BCUT2D eigenvalue weighted by atomic mass is 16.6. The summed E-state index contributed by atoms with van der Waals surface area (Å²) in [6, 6.07) is 9.51. The second kappa shape index (κ2) is 8.34. The minimum Gasteiger partial charge on any atom is -0.449 e. The van der Waals surface area contributed by atoms with Crippen LogP contribution in [0.15, 0.2) is 30.3 Å². The van der Waals surface area contributed by atoms with Gasteiger partial charge >= 0.3 is 6.09 Å². The van der Waals surface area contributed by atoms with Gasteiger partial charge in [0, 0.05) is 19.0 Å². The molecule has 1 aromatic rings. The second-order valence-corrected chi connectivity index (χ2v) is 6.95. The summed E-state index contributed by atoms with van der Waals surface area (Å²) < 4.78 is 5.16. The summed E-state index contributed by atoms with van der Waals surface area (Å²) in [5.74, 6) is -0.0720. The minimum absolute atomic E-state index is 0.0720. The quantitative estimate of drug-likeness (QED) is 0.881. The predicted octanol–water partition coefficient (Wildman–Crippen LogP) is 1.65. The predicted molar refractivity (Wildman–Crippen MR) is 95.3 cm³/mol. The van der Waals surface area contributed by atoms with E-state index in [0.29, 0.717) is 19.6 Å². The van der Waals surface area contributed by atoms with Gasteiger partial charge in [-0.3, -0.25) is 9.69 Å². The van der Waals surface area contributed by atoms with Crippen molar-refractivity contribution in [1.29, 1.82) is 0 Å². The molecular formula is C19H27N3O3. The van der Waals surface area contributed by atoms with Crippen molar-refractivity contribution in [3.05, 3.63) is 35.9 Å². The molecule has 0 bridgehead atoms. The number of piperidine rings is 1. The van der Waals surface area contributed by atoms with Crippen molar-refractivity contribution >= 4 is 12.0 Å². The number of carbonyl (C=O) groups is 2. The van der Waals surface area contributed by atoms with Crippen LogP contribution in [0.4, 0.5) is 4.79 Å². The standard InChI is InChI=1S/C19H27N3O3/c1-21-11-8-16(9-12-21)20-18(23)17(14-15-6-3-2-4-7-15)22-10-5-13-25-19(22)24/h2-4,6-7,16-17H,5,8-14H2,1H3,(H,20,23)/t17-/m1/s1. The molecule has 1 aromatic carbocycles. The topological polar surface area (TPSA) is 61.9 Å². The van der Waals surface area contributed by atoms with E-state index in [1.807, 2.05) is 30.3 Å². The Morgan fingerprint density at radius 2 is 1.96 bits per heavy atom. The van der Waals surface area contributed by atoms with Gasteiger partial charge in [0.15, 0.2) is 0 Å². The molecule has 1 atom stereocenters. The smallest absolute Gasteiger partial charge is 0.410 e. The lowest BCUT2D eigenvalue weighted by molar-refractivity contribution is -0.127. The van der Waals surface area contributed by atoms with E-state index in [2.05, 4.69) is 17.3 Å². The maximum atomic E-state index is 13.0. The van der Waals surface area contributed by atoms with Crippen LogP contribution in [0.3, 0.4) is 0 Å². The van der Waals surface area contributed by atoms with Crippen LogP contribution in [-0.2, 0) is 16.0 Å². The van der Waals surface area contributed by atoms with Crippen molar-refractivity contribution < 1.29 is 14.3 Å². The van der Waals surface area contributed by atoms with Gasteiger partial charge in [-0.15, -0.1) is 0 Å². The number of cyclic esters (lactones) is 1. The van der Waals surface area contributed by atoms with Gasteiger partial charge in [0.05, 0.1) is 6.61 Å². The van der Waals surface area contributed by atoms with Crippen LogP contribution in [0.25, 0.3) is 0 Å². The van der Waals surface area contributed by atoms with Crippen LogP contribution < -0.4 is 5.32 Å². The van der Waals surface area contributed by atoms with Crippen LogP contribution in [0, 0.1) is 0 Å². The fourth-order valence-electron chi connectivity index (χ4n) is 3.48. The van der Waals surface area contributed by atoms with Crippen LogP contribution >= 0.6 is 0 Å². The van der Waals surface area contributed by atoms with Gasteiger partial charge in [0.2, 0.25) is 5.91 Å². The second-order valence-electron chi connectivity index (χ2n) is 6.95. The Hall–Kier alpha value is -2.08. The van der Waals surface area contributed by atoms with Crippen molar-refractivity contribution in [3.8, 4) is 0 Å². The van der Waals surface area contributed by atoms with E-state index < -0.39 is 6.04 Å². The molecule has 0 spiro atoms. The van der Waals surface area contributed by atoms with Gasteiger partial charge in [0.25, 0.3) is 0 Å². The lowest BCUT2D eigenvalue weighted by Crippen LogP contribution is -2.55. The van der Waals surface area contributed by atoms with Gasteiger partial charge in [-0.05, 0) is 45.0 Å². The van der Waals surface area contributed by atoms with Crippen LogP contribution in [0.2, 0.25) is 0 Å². The Morgan fingerprint density at radius 1 is 1.24 bits per heavy atom. The summed E-state index contributed by atoms with van der Waals surface area (Å²) in [4.78, 5) is 29.0. The number of ether oxygens (including phenoxy) is 1. The number of hydrogen-bond acceptors (Lipinski definition) is 4. The van der Waals surface area contributed by atoms with Gasteiger partial charge in [-0.1, -0.05) is 30.3 Å². The highest BCUT2D eigenvalue weighted by Gasteiger charge is 2.34. The fourth-order valence-corrected chi connectivity index (χ4v) is 3.48. The zero-order valence-electron chi connectivity index (χ0n) is 14.8. The first kappa shape index (κ1) is 17.7. The van der Waals surface area contributed by atoms with Gasteiger partial charge in [-0.2, -0.15) is 0 Å². The summed E-state index contributed by atoms with van der Waals surface area (Å²) in [5.41, 5.74) is 1.05. The molecule has 0 unspecified atom stereocenters. The third-order valence-corrected chi connectivity index (χ3v) is 5.02. The first-order chi connectivity index (χ1) is 12.1. The summed E-state index contributed by atoms with van der Waals surface area (Å²) in [6.45, 7) is 2.97. The van der Waals surface area contributed by atoms with E-state index in [1.165, 1.54) is 0 Å². The maximum Gasteiger partial charge on any atom is 0.410 e. The van der Waals surface area contributed by atoms with Crippen molar-refractivity contribution in [2.24, 2.45) is 0 Å². The van der Waals surface area contributed by atoms with Crippen LogP contribution in [0.5, 0.6) is 0 Å². The number of rotatable bonds is 5. The van der Waals surface area contributed by atoms with Crippen molar-refractivity contribution in [2.75, 3.05) is 33.3 Å². The molecule has 2 aliphatic heterocycles. The lowest BCUT2D eigenvalue weighted by atomic mass is 10.0. The Kier molecular flexibility index (Phi) is 5.91. The third kappa shape index (κ3) is 4.72. The first-order valence-electron chi connectivity index (χ1n) is 9.10. The van der Waals surface area contributed by atoms with Crippen molar-refractivity contribution in [1.82, 2.24) is 15.1 Å². The number of nitrogens with one attached hydrogen (secondary N) is 1. The Labute approximate surface area is 149 Å². The summed E-state index contributed by atoms with van der Waals surface area (Å²) in [5, 5.41) is 3.16. The molecule has 3 rings (SSSR count). The van der Waals surface area contributed by atoms with E-state index in [1.54, 1.807) is 4.90 Å². The Balaban J connectivity index is 1.70. The number of nitrogens with zero attached hydrogens (tertiary/aromatic N) is 2. The molecule has 0 radical (unpaired) electrons. The van der Waals surface area contributed by atoms with Crippen molar-refractivity contribution in [3.63, 3.8) is 0 Å². The molecule has 6 nitrogen and oxygen atoms in total. The number of amides is 2. The van der Waals surface area contributed by atoms with Crippen molar-refractivity contribution in [2.45, 2.75) is 37.8 Å². The third-order valence-electron chi connectivity index (χ3n) is 5.02. The molecule has 0 aromatic heterocycles. The summed E-state index contributed by atoms with van der Waals surface area (Å²) in [7, 11) is 2.10. The van der Waals surface area contributed by atoms with Crippen LogP contribution in [0.1, 0.15) is 24.8 Å². The molecule has 2 fully saturated rings. The molecular weight excluding hydrogens is 318 g/mol. The van der Waals surface area contributed by atoms with E-state index >= 15 is 0 Å². The van der Waals surface area contributed by atoms with E-state index in [-0.39, 0.29) is 18.0 Å². The normalized spacial score (nSPS) is 20.8. The maximum absolute atomic E-state index is 13.0. The number of hydrogen-bond donors (Lipinski definition) is 1. The largest absolute Gasteiger partial charge is 0.449 e. The molecule has 2 heterocycles. The molecule has 6 heteroatoms. The number of likely N-dealkylation sites (tertiary alicyclic amines) is 1. The van der Waals surface area contributed by atoms with E-state index in [0.717, 1.165) is 37.9 Å². The van der Waals surface area contributed by atoms with E-state index in [9.17, 15) is 9.59 Å². The number of carbonyl (C=O) groups excluding carboxylic acids is 2. The van der Waals surface area contributed by atoms with Crippen LogP contribution in [-0.4, -0.2) is 67.2 Å². The molecule has 136 valence electrons. The highest BCUT2D eigenvalue weighted by molar-refractivity contribution is 5.86. The molecule has 1 N–H and O–H groups in total. The van der Waals surface area contributed by atoms with E-state index in [4.69, 9.17) is 4.74 Å². The summed E-state index contributed by atoms with van der Waals surface area (Å²) in [6.07, 6.45) is 2.79. The first-order valence-corrected chi connectivity index (χ1v) is 9.10. The monoisotopic (exact) mass is 345 g/mol. The zero-order valence-corrected chi connectivity index (χ0v) is 14.8. The molecule has 25 heavy (non-hydrogen) atoms. The molecule has 0 saturated carbocycles. The average Bonchev–Trinajstić information content (AvgIpc) is 2.63. The highest BCUT2D eigenvalue weighted by Crippen LogP contribution is 2.16. The molecule has 2 aliphatic rings. The van der Waals surface area contributed by atoms with Gasteiger partial charge in [-0.25, -0.2) is 4.79 Å². The average molecular weight is 345 g/mol. The Morgan fingerprint density at radius 3 is 2.64 bits per heavy atom. The molecule has 0 aliphatic carbocycles. The SMILES string of the molecule is CN1CCC(NC(=O)[C@@H](Cc2ccccc2)N2CCCOC2=O)CC1. The minimum atomic E-state index is -0.519. The Bertz CT molecular complexity index is 585.